The minimum absolute atomic E-state index is 0.0445. The highest BCUT2D eigenvalue weighted by atomic mass is 16.5. The summed E-state index contributed by atoms with van der Waals surface area (Å²) in [6, 6.07) is 12.7. The molecule has 4 N–H and O–H groups in total. The summed E-state index contributed by atoms with van der Waals surface area (Å²) in [7, 11) is 0. The molecule has 3 aromatic rings. The number of piperidine rings is 1. The third-order valence-corrected chi connectivity index (χ3v) is 5.40. The molecular weight excluding hydrogens is 430 g/mol. The van der Waals surface area contributed by atoms with E-state index in [1.165, 1.54) is 6.33 Å². The molecule has 0 bridgehead atoms. The van der Waals surface area contributed by atoms with Crippen LogP contribution in [-0.2, 0) is 4.79 Å². The largest absolute Gasteiger partial charge is 0.439 e. The normalized spacial score (nSPS) is 15.1. The lowest BCUT2D eigenvalue weighted by Crippen LogP contribution is -2.45. The Morgan fingerprint density at radius 3 is 2.76 bits per heavy atom. The summed E-state index contributed by atoms with van der Waals surface area (Å²) in [5.74, 6) is 6.79. The summed E-state index contributed by atoms with van der Waals surface area (Å²) in [6.45, 7) is 2.81. The predicted octanol–water partition coefficient (Wildman–Crippen LogP) is 3.09. The quantitative estimate of drug-likeness (QED) is 0.385. The Kier molecular flexibility index (Phi) is 6.98. The number of benzene rings is 1. The van der Waals surface area contributed by atoms with Gasteiger partial charge in [-0.3, -0.25) is 10.2 Å². The van der Waals surface area contributed by atoms with Gasteiger partial charge in [-0.1, -0.05) is 24.1 Å². The summed E-state index contributed by atoms with van der Waals surface area (Å²) in [5.41, 5.74) is 7.22. The van der Waals surface area contributed by atoms with Crippen molar-refractivity contribution in [3.8, 4) is 23.5 Å². The minimum Gasteiger partial charge on any atom is -0.439 e. The fourth-order valence-corrected chi connectivity index (χ4v) is 3.76. The van der Waals surface area contributed by atoms with Crippen molar-refractivity contribution in [2.24, 2.45) is 0 Å². The molecule has 1 aliphatic heterocycles. The lowest BCUT2D eigenvalue weighted by Gasteiger charge is -2.32. The summed E-state index contributed by atoms with van der Waals surface area (Å²) < 4.78 is 5.73. The lowest BCUT2D eigenvalue weighted by molar-refractivity contribution is -0.126. The van der Waals surface area contributed by atoms with Gasteiger partial charge in [0, 0.05) is 37.0 Å². The molecule has 0 spiro atoms. The van der Waals surface area contributed by atoms with Gasteiger partial charge in [0.1, 0.15) is 23.7 Å². The third-order valence-electron chi connectivity index (χ3n) is 5.40. The number of anilines is 2. The molecule has 9 heteroatoms. The Balaban J connectivity index is 1.51. The molecule has 1 atom stereocenters. The Bertz CT molecular complexity index is 1230. The van der Waals surface area contributed by atoms with Crippen LogP contribution in [0.25, 0.3) is 0 Å². The van der Waals surface area contributed by atoms with Crippen LogP contribution in [-0.4, -0.2) is 50.6 Å². The van der Waals surface area contributed by atoms with Crippen LogP contribution in [0.15, 0.2) is 55.0 Å². The van der Waals surface area contributed by atoms with Crippen molar-refractivity contribution in [2.75, 3.05) is 24.1 Å². The fraction of sp³-hybridized carbons (Fsp3) is 0.240. The van der Waals surface area contributed by atoms with Gasteiger partial charge in [0.2, 0.25) is 5.88 Å². The van der Waals surface area contributed by atoms with E-state index in [2.05, 4.69) is 32.1 Å². The molecule has 34 heavy (non-hydrogen) atoms. The van der Waals surface area contributed by atoms with Crippen molar-refractivity contribution < 1.29 is 9.53 Å². The number of ether oxygens (including phenoxy) is 1. The smallest absolute Gasteiger partial charge is 0.298 e. The number of rotatable bonds is 6. The molecule has 1 aromatic carbocycles. The van der Waals surface area contributed by atoms with E-state index < -0.39 is 0 Å². The van der Waals surface area contributed by atoms with Crippen LogP contribution in [0.4, 0.5) is 11.6 Å². The van der Waals surface area contributed by atoms with E-state index in [9.17, 15) is 4.79 Å². The Hall–Kier alpha value is -4.45. The van der Waals surface area contributed by atoms with Crippen LogP contribution in [0.2, 0.25) is 0 Å². The second kappa shape index (κ2) is 10.4. The first-order valence-corrected chi connectivity index (χ1v) is 10.9. The van der Waals surface area contributed by atoms with Crippen molar-refractivity contribution >= 4 is 23.3 Å². The molecular formula is C25H25N7O2. The van der Waals surface area contributed by atoms with E-state index in [-0.39, 0.29) is 23.5 Å². The zero-order chi connectivity index (χ0) is 23.9. The molecule has 9 nitrogen and oxygen atoms in total. The maximum absolute atomic E-state index is 12.2. The van der Waals surface area contributed by atoms with Gasteiger partial charge in [-0.25, -0.2) is 15.0 Å². The van der Waals surface area contributed by atoms with Crippen molar-refractivity contribution in [1.82, 2.24) is 19.9 Å². The average Bonchev–Trinajstić information content (AvgIpc) is 2.85. The molecule has 1 fully saturated rings. The number of carbonyl (C=O) groups excluding carboxylic acids is 1. The highest BCUT2D eigenvalue weighted by Crippen LogP contribution is 2.25. The van der Waals surface area contributed by atoms with Crippen LogP contribution < -0.4 is 15.8 Å². The molecule has 1 aliphatic rings. The van der Waals surface area contributed by atoms with Crippen molar-refractivity contribution in [3.63, 3.8) is 0 Å². The third kappa shape index (κ3) is 5.30. The number of carbonyl (C=O) groups is 1. The number of nitrogens with zero attached hydrogens (tertiary/aromatic N) is 4. The maximum Gasteiger partial charge on any atom is 0.298 e. The molecule has 2 aromatic heterocycles. The number of likely N-dealkylation sites (tertiary alicyclic amines) is 1. The van der Waals surface area contributed by atoms with Crippen molar-refractivity contribution in [1.29, 1.82) is 5.41 Å². The van der Waals surface area contributed by atoms with E-state index in [0.717, 1.165) is 12.8 Å². The molecule has 1 amide bonds. The molecule has 0 radical (unpaired) electrons. The number of aromatic nitrogens is 3. The number of hydrogen-bond acceptors (Lipinski definition) is 8. The van der Waals surface area contributed by atoms with E-state index >= 15 is 0 Å². The van der Waals surface area contributed by atoms with Crippen LogP contribution >= 0.6 is 0 Å². The number of nitrogens with two attached hydrogens (primary N) is 1. The number of amides is 1. The second-order valence-corrected chi connectivity index (χ2v) is 7.77. The fourth-order valence-electron chi connectivity index (χ4n) is 3.76. The number of nitrogen functional groups attached to an aromatic ring is 1. The van der Waals surface area contributed by atoms with E-state index in [1.54, 1.807) is 30.2 Å². The highest BCUT2D eigenvalue weighted by Gasteiger charge is 2.25. The Morgan fingerprint density at radius 2 is 2.03 bits per heavy atom. The molecule has 0 aliphatic carbocycles. The van der Waals surface area contributed by atoms with Crippen LogP contribution in [0.5, 0.6) is 11.6 Å². The van der Waals surface area contributed by atoms with E-state index in [4.69, 9.17) is 15.9 Å². The first kappa shape index (κ1) is 22.7. The van der Waals surface area contributed by atoms with Gasteiger partial charge in [-0.2, -0.15) is 0 Å². The Morgan fingerprint density at radius 1 is 1.21 bits per heavy atom. The highest BCUT2D eigenvalue weighted by molar-refractivity contribution is 6.16. The van der Waals surface area contributed by atoms with Gasteiger partial charge < -0.3 is 20.7 Å². The zero-order valence-electron chi connectivity index (χ0n) is 18.8. The van der Waals surface area contributed by atoms with Gasteiger partial charge in [0.15, 0.2) is 0 Å². The van der Waals surface area contributed by atoms with Gasteiger partial charge >= 0.3 is 0 Å². The minimum atomic E-state index is -0.187. The van der Waals surface area contributed by atoms with Crippen LogP contribution in [0.1, 0.15) is 30.9 Å². The van der Waals surface area contributed by atoms with Crippen molar-refractivity contribution in [2.45, 2.75) is 25.8 Å². The molecule has 1 saturated heterocycles. The summed E-state index contributed by atoms with van der Waals surface area (Å²) in [4.78, 5) is 26.6. The number of nitrogens with one attached hydrogen (secondary N) is 2. The molecule has 172 valence electrons. The maximum atomic E-state index is 12.2. The SMILES string of the molecule is CC#CC(=O)N1CCCC(Nc2ncnc(N)c2C(=N)c2ccc(Oc3ccccc3)nc2)C1. The van der Waals surface area contributed by atoms with Crippen molar-refractivity contribution in [3.05, 3.63) is 66.1 Å². The molecule has 4 rings (SSSR count). The lowest BCUT2D eigenvalue weighted by atomic mass is 10.0. The summed E-state index contributed by atoms with van der Waals surface area (Å²) in [6.07, 6.45) is 4.61. The number of para-hydroxylation sites is 1. The average molecular weight is 456 g/mol. The van der Waals surface area contributed by atoms with Gasteiger partial charge in [-0.15, -0.1) is 0 Å². The zero-order valence-corrected chi connectivity index (χ0v) is 18.8. The predicted molar refractivity (Wildman–Crippen MR) is 130 cm³/mol. The van der Waals surface area contributed by atoms with E-state index in [0.29, 0.717) is 41.7 Å². The van der Waals surface area contributed by atoms with Crippen LogP contribution in [0.3, 0.4) is 0 Å². The van der Waals surface area contributed by atoms with Gasteiger partial charge in [0.05, 0.1) is 11.3 Å². The molecule has 0 saturated carbocycles. The first-order chi connectivity index (χ1) is 16.5. The molecule has 3 heterocycles. The van der Waals surface area contributed by atoms with Gasteiger partial charge in [-0.05, 0) is 43.9 Å². The Labute approximate surface area is 197 Å². The summed E-state index contributed by atoms with van der Waals surface area (Å²) in [5, 5.41) is 12.1. The summed E-state index contributed by atoms with van der Waals surface area (Å²) >= 11 is 0. The van der Waals surface area contributed by atoms with E-state index in [1.807, 2.05) is 30.3 Å². The van der Waals surface area contributed by atoms with Crippen LogP contribution in [0, 0.1) is 17.3 Å². The number of pyridine rings is 1. The first-order valence-electron chi connectivity index (χ1n) is 10.9. The molecule has 1 unspecified atom stereocenters. The topological polar surface area (TPSA) is 130 Å². The number of hydrogen-bond donors (Lipinski definition) is 3. The van der Waals surface area contributed by atoms with Gasteiger partial charge in [0.25, 0.3) is 5.91 Å². The monoisotopic (exact) mass is 455 g/mol. The second-order valence-electron chi connectivity index (χ2n) is 7.77. The standard InChI is InChI=1S/C25H25N7O2/c1-2-7-21(33)32-13-6-8-18(15-32)31-25-22(24(27)29-16-30-25)23(26)17-11-12-20(28-14-17)34-19-9-4-3-5-10-19/h3-5,9-12,14,16,18,26H,6,8,13,15H2,1H3,(H3,27,29,30,31).